The van der Waals surface area contributed by atoms with Crippen LogP contribution in [0.2, 0.25) is 0 Å². The van der Waals surface area contributed by atoms with Crippen LogP contribution in [0, 0.1) is 18.7 Å². The molecule has 8 heteroatoms. The zero-order chi connectivity index (χ0) is 15.8. The average Bonchev–Trinajstić information content (AvgIpc) is 2.38. The summed E-state index contributed by atoms with van der Waals surface area (Å²) in [6.45, 7) is 1.23. The molecule has 0 aliphatic carbocycles. The zero-order valence-electron chi connectivity index (χ0n) is 11.4. The number of rotatable bonds is 3. The molecule has 1 aliphatic rings. The van der Waals surface area contributed by atoms with Crippen LogP contribution in [0.15, 0.2) is 23.1 Å². The number of sulfonamides is 1. The molecule has 6 nitrogen and oxygen atoms in total. The smallest absolute Gasteiger partial charge is 0.310 e. The number of aryl methyl sites for hydroxylation is 1. The zero-order valence-corrected chi connectivity index (χ0v) is 12.2. The fourth-order valence-electron chi connectivity index (χ4n) is 2.32. The largest absolute Gasteiger partial charge is 0.481 e. The number of nitrogens with zero attached hydrogens (tertiary/aromatic N) is 1. The van der Waals surface area contributed by atoms with Crippen molar-refractivity contribution in [1.29, 1.82) is 0 Å². The van der Waals surface area contributed by atoms with Gasteiger partial charge in [0.15, 0.2) is 0 Å². The highest BCUT2D eigenvalue weighted by Gasteiger charge is 2.39. The summed E-state index contributed by atoms with van der Waals surface area (Å²) in [4.78, 5) is 10.6. The molecule has 0 amide bonds. The Labute approximate surface area is 121 Å². The van der Waals surface area contributed by atoms with E-state index in [0.717, 1.165) is 10.4 Å². The van der Waals surface area contributed by atoms with Crippen molar-refractivity contribution in [1.82, 2.24) is 4.31 Å². The van der Waals surface area contributed by atoms with Gasteiger partial charge in [0.2, 0.25) is 10.0 Å². The number of carboxylic acids is 1. The van der Waals surface area contributed by atoms with Gasteiger partial charge in [-0.3, -0.25) is 4.79 Å². The van der Waals surface area contributed by atoms with Crippen molar-refractivity contribution in [2.24, 2.45) is 5.92 Å². The number of benzene rings is 1. The van der Waals surface area contributed by atoms with Gasteiger partial charge in [0.05, 0.1) is 12.0 Å². The van der Waals surface area contributed by atoms with Gasteiger partial charge in [-0.15, -0.1) is 0 Å². The van der Waals surface area contributed by atoms with Crippen LogP contribution in [0.4, 0.5) is 4.39 Å². The number of carbonyl (C=O) groups is 1. The van der Waals surface area contributed by atoms with Crippen LogP contribution in [0.1, 0.15) is 12.0 Å². The van der Waals surface area contributed by atoms with Gasteiger partial charge >= 0.3 is 5.97 Å². The van der Waals surface area contributed by atoms with E-state index in [2.05, 4.69) is 0 Å². The molecule has 2 rings (SSSR count). The summed E-state index contributed by atoms with van der Waals surface area (Å²) in [5.41, 5.74) is 0.587. The second-order valence-electron chi connectivity index (χ2n) is 5.10. The standard InChI is InChI=1S/C13H16FNO5S/c1-8-2-3-12(10(14)6-8)21(19,20)15-5-4-11(16)9(7-15)13(17)18/h2-3,6,9,11,16H,4-5,7H2,1H3,(H,17,18). The topological polar surface area (TPSA) is 94.9 Å². The molecule has 1 aromatic carbocycles. The highest BCUT2D eigenvalue weighted by Crippen LogP contribution is 2.26. The van der Waals surface area contributed by atoms with Crippen molar-refractivity contribution >= 4 is 16.0 Å². The van der Waals surface area contributed by atoms with Crippen molar-refractivity contribution in [3.63, 3.8) is 0 Å². The van der Waals surface area contributed by atoms with E-state index in [1.165, 1.54) is 12.1 Å². The normalized spacial score (nSPS) is 24.0. The highest BCUT2D eigenvalue weighted by atomic mass is 32.2. The molecule has 1 heterocycles. The first-order chi connectivity index (χ1) is 9.73. The molecule has 1 saturated heterocycles. The Morgan fingerprint density at radius 1 is 1.43 bits per heavy atom. The Kier molecular flexibility index (Phi) is 4.31. The minimum atomic E-state index is -4.12. The fourth-order valence-corrected chi connectivity index (χ4v) is 3.85. The van der Waals surface area contributed by atoms with E-state index in [1.54, 1.807) is 6.92 Å². The molecule has 1 fully saturated rings. The molecule has 1 aliphatic heterocycles. The summed E-state index contributed by atoms with van der Waals surface area (Å²) in [7, 11) is -4.12. The third kappa shape index (κ3) is 3.07. The van der Waals surface area contributed by atoms with Gasteiger partial charge in [-0.05, 0) is 31.0 Å². The molecule has 0 saturated carbocycles. The third-order valence-electron chi connectivity index (χ3n) is 3.56. The Morgan fingerprint density at radius 2 is 2.10 bits per heavy atom. The molecular formula is C13H16FNO5S. The first-order valence-corrected chi connectivity index (χ1v) is 7.84. The average molecular weight is 317 g/mol. The van der Waals surface area contributed by atoms with Crippen LogP contribution in [-0.2, 0) is 14.8 Å². The summed E-state index contributed by atoms with van der Waals surface area (Å²) in [5, 5.41) is 18.6. The number of carboxylic acid groups (broad SMARTS) is 1. The number of aliphatic hydroxyl groups is 1. The van der Waals surface area contributed by atoms with Gasteiger partial charge in [-0.2, -0.15) is 4.31 Å². The van der Waals surface area contributed by atoms with Gasteiger partial charge in [0.1, 0.15) is 10.7 Å². The predicted molar refractivity (Wildman–Crippen MR) is 71.6 cm³/mol. The van der Waals surface area contributed by atoms with Crippen LogP contribution in [0.25, 0.3) is 0 Å². The minimum absolute atomic E-state index is 0.00365. The maximum atomic E-state index is 13.9. The number of piperidine rings is 1. The number of hydrogen-bond acceptors (Lipinski definition) is 4. The molecule has 0 spiro atoms. The molecule has 0 aromatic heterocycles. The van der Waals surface area contributed by atoms with Crippen LogP contribution >= 0.6 is 0 Å². The highest BCUT2D eigenvalue weighted by molar-refractivity contribution is 7.89. The lowest BCUT2D eigenvalue weighted by molar-refractivity contribution is -0.147. The first kappa shape index (κ1) is 15.9. The molecule has 1 aromatic rings. The molecule has 0 radical (unpaired) electrons. The second kappa shape index (κ2) is 5.70. The Morgan fingerprint density at radius 3 is 2.67 bits per heavy atom. The van der Waals surface area contributed by atoms with Crippen molar-refractivity contribution in [3.05, 3.63) is 29.6 Å². The Bertz CT molecular complexity index is 661. The van der Waals surface area contributed by atoms with Gasteiger partial charge in [0, 0.05) is 13.1 Å². The van der Waals surface area contributed by atoms with E-state index in [4.69, 9.17) is 5.11 Å². The third-order valence-corrected chi connectivity index (χ3v) is 5.46. The predicted octanol–water partition coefficient (Wildman–Crippen LogP) is 0.590. The van der Waals surface area contributed by atoms with Gasteiger partial charge in [-0.25, -0.2) is 12.8 Å². The van der Waals surface area contributed by atoms with Crippen LogP contribution in [-0.4, -0.2) is 48.1 Å². The second-order valence-corrected chi connectivity index (χ2v) is 7.00. The monoisotopic (exact) mass is 317 g/mol. The van der Waals surface area contributed by atoms with E-state index in [-0.39, 0.29) is 19.5 Å². The van der Waals surface area contributed by atoms with Crippen LogP contribution in [0.3, 0.4) is 0 Å². The van der Waals surface area contributed by atoms with Gasteiger partial charge < -0.3 is 10.2 Å². The van der Waals surface area contributed by atoms with E-state index in [9.17, 15) is 22.7 Å². The summed E-state index contributed by atoms with van der Waals surface area (Å²) < 4.78 is 39.6. The van der Waals surface area contributed by atoms with Crippen molar-refractivity contribution in [3.8, 4) is 0 Å². The lowest BCUT2D eigenvalue weighted by Gasteiger charge is -2.33. The molecule has 2 N–H and O–H groups in total. The molecule has 21 heavy (non-hydrogen) atoms. The lowest BCUT2D eigenvalue weighted by atomic mass is 9.96. The molecular weight excluding hydrogens is 301 g/mol. The SMILES string of the molecule is Cc1ccc(S(=O)(=O)N2CCC(O)C(C(=O)O)C2)c(F)c1. The van der Waals surface area contributed by atoms with E-state index in [0.29, 0.717) is 5.56 Å². The maximum absolute atomic E-state index is 13.9. The number of hydrogen-bond donors (Lipinski definition) is 2. The minimum Gasteiger partial charge on any atom is -0.481 e. The van der Waals surface area contributed by atoms with Crippen molar-refractivity contribution in [2.75, 3.05) is 13.1 Å². The maximum Gasteiger partial charge on any atom is 0.310 e. The summed E-state index contributed by atoms with van der Waals surface area (Å²) in [6.07, 6.45) is -1.10. The summed E-state index contributed by atoms with van der Waals surface area (Å²) in [6, 6.07) is 3.75. The Hall–Kier alpha value is -1.51. The molecule has 2 unspecified atom stereocenters. The van der Waals surface area contributed by atoms with E-state index >= 15 is 0 Å². The van der Waals surface area contributed by atoms with E-state index in [1.807, 2.05) is 0 Å². The summed E-state index contributed by atoms with van der Waals surface area (Å²) in [5.74, 6) is -3.35. The Balaban J connectivity index is 2.33. The summed E-state index contributed by atoms with van der Waals surface area (Å²) >= 11 is 0. The van der Waals surface area contributed by atoms with Crippen LogP contribution in [0.5, 0.6) is 0 Å². The quantitative estimate of drug-likeness (QED) is 0.851. The van der Waals surface area contributed by atoms with E-state index < -0.39 is 38.7 Å². The van der Waals surface area contributed by atoms with Gasteiger partial charge in [-0.1, -0.05) is 6.07 Å². The lowest BCUT2D eigenvalue weighted by Crippen LogP contribution is -2.48. The first-order valence-electron chi connectivity index (χ1n) is 6.40. The van der Waals surface area contributed by atoms with Crippen LogP contribution < -0.4 is 0 Å². The molecule has 116 valence electrons. The molecule has 2 atom stereocenters. The van der Waals surface area contributed by atoms with Crippen molar-refractivity contribution < 1.29 is 27.8 Å². The number of aliphatic hydroxyl groups excluding tert-OH is 1. The van der Waals surface area contributed by atoms with Crippen molar-refractivity contribution in [2.45, 2.75) is 24.3 Å². The number of aliphatic carboxylic acids is 1. The van der Waals surface area contributed by atoms with Gasteiger partial charge in [0.25, 0.3) is 0 Å². The fraction of sp³-hybridized carbons (Fsp3) is 0.462. The molecule has 0 bridgehead atoms. The number of halogens is 1.